The number of nitrogens with zero attached hydrogens (tertiary/aromatic N) is 1. The minimum Gasteiger partial charge on any atom is -0.477 e. The molecule has 0 saturated heterocycles. The van der Waals surface area contributed by atoms with E-state index in [1.165, 1.54) is 122 Å². The lowest BCUT2D eigenvalue weighted by Crippen LogP contribution is -2.40. The van der Waals surface area contributed by atoms with Gasteiger partial charge in [-0.1, -0.05) is 222 Å². The van der Waals surface area contributed by atoms with Gasteiger partial charge in [0, 0.05) is 12.8 Å². The van der Waals surface area contributed by atoms with Gasteiger partial charge in [0.2, 0.25) is 0 Å². The molecule has 0 amide bonds. The van der Waals surface area contributed by atoms with Crippen LogP contribution in [0.1, 0.15) is 232 Å². The van der Waals surface area contributed by atoms with Crippen molar-refractivity contribution in [3.8, 4) is 0 Å². The first-order valence-corrected chi connectivity index (χ1v) is 27.5. The molecule has 0 saturated carbocycles. The number of hydrogen-bond acceptors (Lipinski definition) is 7. The first kappa shape index (κ1) is 64.0. The highest BCUT2D eigenvalue weighted by atomic mass is 16.7. The average molecular weight is 943 g/mol. The normalized spacial score (nSPS) is 13.3. The SMILES string of the molecule is CC/C=C\C/C=C\C/C=C\C/C=C\C/C=C\CCCCCCCCCC(=O)OC(COC(=O)CCCCCCCCCCCCCCCCCCCCC)COC(OCC[N+](C)(C)C)C(=O)O. The van der Waals surface area contributed by atoms with E-state index in [0.717, 1.165) is 77.0 Å². The van der Waals surface area contributed by atoms with Crippen LogP contribution >= 0.6 is 0 Å². The minimum absolute atomic E-state index is 0.184. The lowest BCUT2D eigenvalue weighted by atomic mass is 10.0. The van der Waals surface area contributed by atoms with E-state index in [9.17, 15) is 19.5 Å². The van der Waals surface area contributed by atoms with Crippen molar-refractivity contribution in [2.45, 2.75) is 245 Å². The monoisotopic (exact) mass is 943 g/mol. The van der Waals surface area contributed by atoms with Crippen LogP contribution in [0.25, 0.3) is 0 Å². The molecule has 0 aliphatic carbocycles. The molecule has 0 rings (SSSR count). The summed E-state index contributed by atoms with van der Waals surface area (Å²) in [4.78, 5) is 37.4. The van der Waals surface area contributed by atoms with Crippen LogP contribution < -0.4 is 0 Å². The molecule has 0 aromatic rings. The fourth-order valence-electron chi connectivity index (χ4n) is 7.57. The summed E-state index contributed by atoms with van der Waals surface area (Å²) in [7, 11) is 5.96. The number of quaternary nitrogens is 1. The number of esters is 2. The molecule has 0 aliphatic heterocycles. The van der Waals surface area contributed by atoms with E-state index in [1.807, 2.05) is 21.1 Å². The molecule has 2 atom stereocenters. The van der Waals surface area contributed by atoms with Crippen LogP contribution in [0.4, 0.5) is 0 Å². The van der Waals surface area contributed by atoms with Crippen LogP contribution in [0, 0.1) is 0 Å². The van der Waals surface area contributed by atoms with Gasteiger partial charge in [0.1, 0.15) is 13.2 Å². The minimum atomic E-state index is -1.51. The maximum Gasteiger partial charge on any atom is 0.361 e. The third kappa shape index (κ3) is 50.7. The largest absolute Gasteiger partial charge is 0.477 e. The molecule has 0 spiro atoms. The first-order valence-electron chi connectivity index (χ1n) is 27.5. The van der Waals surface area contributed by atoms with Gasteiger partial charge in [-0.3, -0.25) is 9.59 Å². The van der Waals surface area contributed by atoms with Gasteiger partial charge in [-0.05, 0) is 57.8 Å². The molecule has 0 aromatic carbocycles. The van der Waals surface area contributed by atoms with Crippen LogP contribution in [0.15, 0.2) is 60.8 Å². The molecular formula is C58H104NO8+. The van der Waals surface area contributed by atoms with Crippen molar-refractivity contribution in [2.75, 3.05) is 47.5 Å². The van der Waals surface area contributed by atoms with Gasteiger partial charge >= 0.3 is 17.9 Å². The maximum absolute atomic E-state index is 12.9. The lowest BCUT2D eigenvalue weighted by molar-refractivity contribution is -0.870. The number of carboxylic acids is 1. The average Bonchev–Trinajstić information content (AvgIpc) is 3.29. The van der Waals surface area contributed by atoms with Gasteiger partial charge < -0.3 is 28.5 Å². The van der Waals surface area contributed by atoms with Gasteiger partial charge in [0.05, 0.1) is 34.4 Å². The fourth-order valence-corrected chi connectivity index (χ4v) is 7.57. The van der Waals surface area contributed by atoms with E-state index in [4.69, 9.17) is 18.9 Å². The van der Waals surface area contributed by atoms with Crippen LogP contribution in [-0.4, -0.2) is 87.4 Å². The van der Waals surface area contributed by atoms with Crippen molar-refractivity contribution >= 4 is 17.9 Å². The van der Waals surface area contributed by atoms with Gasteiger partial charge in [0.25, 0.3) is 6.29 Å². The van der Waals surface area contributed by atoms with Gasteiger partial charge in [-0.15, -0.1) is 0 Å². The molecule has 67 heavy (non-hydrogen) atoms. The van der Waals surface area contributed by atoms with E-state index in [0.29, 0.717) is 23.9 Å². The van der Waals surface area contributed by atoms with Gasteiger partial charge in [-0.2, -0.15) is 0 Å². The molecule has 0 bridgehead atoms. The standard InChI is InChI=1S/C58H103NO8/c1-6-8-10-12-14-16-18-20-22-24-26-27-28-29-31-33-35-37-39-41-43-45-47-49-56(61)67-54(53-66-58(57(62)63)64-51-50-59(3,4)5)52-65-55(60)48-46-44-42-40-38-36-34-32-30-25-23-21-19-17-15-13-11-9-7-2/h8,10,14,16,20,22,26-27,29,31,54,58H,6-7,9,11-13,15,17-19,21,23-25,28,30,32-53H2,1-5H3/p+1/b10-8-,16-14-,22-20-,27-26-,31-29-. The second-order valence-corrected chi connectivity index (χ2v) is 19.5. The summed E-state index contributed by atoms with van der Waals surface area (Å²) in [5, 5.41) is 9.69. The number of likely N-dealkylation sites (N-methyl/N-ethyl adjacent to an activating group) is 1. The van der Waals surface area contributed by atoms with E-state index in [1.54, 1.807) is 0 Å². The van der Waals surface area contributed by atoms with Crippen molar-refractivity contribution in [3.05, 3.63) is 60.8 Å². The number of allylic oxidation sites excluding steroid dienone is 10. The van der Waals surface area contributed by atoms with E-state index >= 15 is 0 Å². The Labute approximate surface area is 412 Å². The molecule has 9 heteroatoms. The third-order valence-electron chi connectivity index (χ3n) is 11.8. The van der Waals surface area contributed by atoms with Gasteiger partial charge in [0.15, 0.2) is 6.10 Å². The molecule has 2 unspecified atom stereocenters. The Morgan fingerprint density at radius 3 is 1.27 bits per heavy atom. The Hall–Kier alpha value is -3.01. The van der Waals surface area contributed by atoms with Crippen molar-refractivity contribution in [2.24, 2.45) is 0 Å². The highest BCUT2D eigenvalue weighted by molar-refractivity contribution is 5.71. The summed E-state index contributed by atoms with van der Waals surface area (Å²) < 4.78 is 22.9. The lowest BCUT2D eigenvalue weighted by Gasteiger charge is -2.25. The zero-order chi connectivity index (χ0) is 49.2. The summed E-state index contributed by atoms with van der Waals surface area (Å²) >= 11 is 0. The predicted octanol–water partition coefficient (Wildman–Crippen LogP) is 15.7. The Bertz CT molecular complexity index is 1280. The third-order valence-corrected chi connectivity index (χ3v) is 11.8. The van der Waals surface area contributed by atoms with Crippen molar-refractivity contribution < 1.29 is 42.9 Å². The van der Waals surface area contributed by atoms with Crippen LogP contribution in [0.3, 0.4) is 0 Å². The smallest absolute Gasteiger partial charge is 0.361 e. The second kappa shape index (κ2) is 49.4. The fraction of sp³-hybridized carbons (Fsp3) is 0.776. The Kier molecular flexibility index (Phi) is 47.2. The van der Waals surface area contributed by atoms with Gasteiger partial charge in [-0.25, -0.2) is 4.79 Å². The van der Waals surface area contributed by atoms with Crippen LogP contribution in [-0.2, 0) is 33.3 Å². The summed E-state index contributed by atoms with van der Waals surface area (Å²) in [5.74, 6) is -2.01. The molecule has 0 aliphatic rings. The summed E-state index contributed by atoms with van der Waals surface area (Å²) in [6.45, 7) is 4.77. The van der Waals surface area contributed by atoms with Crippen molar-refractivity contribution in [1.29, 1.82) is 0 Å². The molecule has 0 radical (unpaired) electrons. The number of carbonyl (C=O) groups excluding carboxylic acids is 2. The molecule has 1 N–H and O–H groups in total. The van der Waals surface area contributed by atoms with E-state index in [2.05, 4.69) is 74.6 Å². The number of ether oxygens (including phenoxy) is 4. The highest BCUT2D eigenvalue weighted by Crippen LogP contribution is 2.16. The first-order chi connectivity index (χ1) is 32.6. The molecular weight excluding hydrogens is 839 g/mol. The molecule has 0 fully saturated rings. The molecule has 0 aromatic heterocycles. The van der Waals surface area contributed by atoms with Crippen molar-refractivity contribution in [1.82, 2.24) is 0 Å². The zero-order valence-corrected chi connectivity index (χ0v) is 44.1. The zero-order valence-electron chi connectivity index (χ0n) is 44.1. The van der Waals surface area contributed by atoms with Crippen LogP contribution in [0.5, 0.6) is 0 Å². The van der Waals surface area contributed by atoms with E-state index < -0.39 is 24.3 Å². The molecule has 9 nitrogen and oxygen atoms in total. The maximum atomic E-state index is 12.9. The Morgan fingerprint density at radius 2 is 0.851 bits per heavy atom. The quantitative estimate of drug-likeness (QED) is 0.0211. The second-order valence-electron chi connectivity index (χ2n) is 19.5. The number of carboxylic acid groups (broad SMARTS) is 1. The number of aliphatic carboxylic acids is 1. The Balaban J connectivity index is 4.32. The summed E-state index contributed by atoms with van der Waals surface area (Å²) in [5.41, 5.74) is 0. The number of unbranched alkanes of at least 4 members (excludes halogenated alkanes) is 25. The van der Waals surface area contributed by atoms with Crippen LogP contribution in [0.2, 0.25) is 0 Å². The Morgan fingerprint density at radius 1 is 0.463 bits per heavy atom. The molecule has 0 heterocycles. The van der Waals surface area contributed by atoms with E-state index in [-0.39, 0.29) is 32.2 Å². The predicted molar refractivity (Wildman–Crippen MR) is 281 cm³/mol. The topological polar surface area (TPSA) is 108 Å². The summed E-state index contributed by atoms with van der Waals surface area (Å²) in [6.07, 6.45) is 58.5. The number of rotatable bonds is 50. The molecule has 388 valence electrons. The van der Waals surface area contributed by atoms with Crippen molar-refractivity contribution in [3.63, 3.8) is 0 Å². The number of carbonyl (C=O) groups is 3. The highest BCUT2D eigenvalue weighted by Gasteiger charge is 2.25. The summed E-state index contributed by atoms with van der Waals surface area (Å²) in [6, 6.07) is 0. The number of hydrogen-bond donors (Lipinski definition) is 1.